The quantitative estimate of drug-likeness (QED) is 0.159. The van der Waals surface area contributed by atoms with Gasteiger partial charge >= 0.3 is 0 Å². The van der Waals surface area contributed by atoms with Gasteiger partial charge in [0, 0.05) is 73.5 Å². The van der Waals surface area contributed by atoms with E-state index in [9.17, 15) is 8.78 Å². The average Bonchev–Trinajstić information content (AvgIpc) is 3.10. The number of ether oxygens (including phenoxy) is 2. The molecule has 0 saturated carbocycles. The van der Waals surface area contributed by atoms with Crippen LogP contribution in [0.5, 0.6) is 11.8 Å². The summed E-state index contributed by atoms with van der Waals surface area (Å²) in [4.78, 5) is 34.2. The predicted octanol–water partition coefficient (Wildman–Crippen LogP) is 6.49. The van der Waals surface area contributed by atoms with Gasteiger partial charge in [-0.25, -0.2) is 38.7 Å². The molecule has 0 radical (unpaired) electrons. The van der Waals surface area contributed by atoms with Crippen LogP contribution in [-0.4, -0.2) is 54.1 Å². The largest absolute Gasteiger partial charge is 0.481 e. The molecule has 14 heteroatoms. The Kier molecular flexibility index (Phi) is 11.3. The lowest BCUT2D eigenvalue weighted by atomic mass is 10.0. The standard InChI is InChI=1S/2C19H22FN5O/c2*1-11(21)15-9-24-17(26-4)16-10-23-13(8-14(15)16)7-12-5-6-22-18(25-12)19(2,3)20/h2*5-6,8-11H,7,21H2,1-4H3/t2*11-/m10/s1. The molecule has 52 heavy (non-hydrogen) atoms. The van der Waals surface area contributed by atoms with Crippen LogP contribution in [0.2, 0.25) is 0 Å². The SMILES string of the molecule is COc1ncc([C@@H](C)N)c2cc(Cc3ccnc(C(C)(C)F)n3)ncc12.COc1ncc([C@H](C)N)c2cc(Cc3ccnc(C(C)(C)F)n3)ncc12. The maximum Gasteiger partial charge on any atom is 0.222 e. The molecular formula is C38H44F2N10O2. The van der Waals surface area contributed by atoms with Gasteiger partial charge in [0.05, 0.1) is 36.4 Å². The lowest BCUT2D eigenvalue weighted by Crippen LogP contribution is -2.15. The highest BCUT2D eigenvalue weighted by molar-refractivity contribution is 5.90. The summed E-state index contributed by atoms with van der Waals surface area (Å²) in [7, 11) is 3.14. The number of halogens is 2. The van der Waals surface area contributed by atoms with Gasteiger partial charge < -0.3 is 20.9 Å². The number of methoxy groups -OCH3 is 2. The van der Waals surface area contributed by atoms with Crippen molar-refractivity contribution < 1.29 is 18.3 Å². The number of hydrogen-bond donors (Lipinski definition) is 2. The topological polar surface area (TPSA) is 174 Å². The highest BCUT2D eigenvalue weighted by Gasteiger charge is 2.24. The molecule has 0 aliphatic carbocycles. The van der Waals surface area contributed by atoms with Gasteiger partial charge in [-0.2, -0.15) is 0 Å². The minimum absolute atomic E-state index is 0.165. The minimum atomic E-state index is -1.59. The van der Waals surface area contributed by atoms with Gasteiger partial charge in [0.15, 0.2) is 23.0 Å². The van der Waals surface area contributed by atoms with Gasteiger partial charge in [0.25, 0.3) is 0 Å². The summed E-state index contributed by atoms with van der Waals surface area (Å²) < 4.78 is 38.8. The first kappa shape index (κ1) is 37.9. The van der Waals surface area contributed by atoms with Crippen molar-refractivity contribution in [2.45, 2.75) is 77.8 Å². The van der Waals surface area contributed by atoms with Crippen LogP contribution in [-0.2, 0) is 24.2 Å². The van der Waals surface area contributed by atoms with Gasteiger partial charge in [0.1, 0.15) is 0 Å². The Hall–Kier alpha value is -5.34. The maximum absolute atomic E-state index is 14.1. The van der Waals surface area contributed by atoms with E-state index in [0.29, 0.717) is 36.0 Å². The molecular weight excluding hydrogens is 666 g/mol. The molecule has 0 unspecified atom stereocenters. The summed E-state index contributed by atoms with van der Waals surface area (Å²) in [5.74, 6) is 1.34. The van der Waals surface area contributed by atoms with Crippen molar-refractivity contribution in [3.05, 3.63) is 107 Å². The van der Waals surface area contributed by atoms with Gasteiger partial charge in [-0.3, -0.25) is 9.97 Å². The number of pyridine rings is 4. The number of alkyl halides is 2. The highest BCUT2D eigenvalue weighted by atomic mass is 19.1. The summed E-state index contributed by atoms with van der Waals surface area (Å²) in [5, 5.41) is 3.49. The van der Waals surface area contributed by atoms with Gasteiger partial charge in [-0.15, -0.1) is 0 Å². The molecule has 2 atom stereocenters. The summed E-state index contributed by atoms with van der Waals surface area (Å²) in [6.07, 6.45) is 11.0. The van der Waals surface area contributed by atoms with Crippen molar-refractivity contribution >= 4 is 21.5 Å². The van der Waals surface area contributed by atoms with E-state index in [1.807, 2.05) is 26.0 Å². The second kappa shape index (κ2) is 15.5. The number of aromatic nitrogens is 8. The molecule has 0 aromatic carbocycles. The van der Waals surface area contributed by atoms with Crippen molar-refractivity contribution in [1.82, 2.24) is 39.9 Å². The van der Waals surface area contributed by atoms with Gasteiger partial charge in [-0.05, 0) is 87.7 Å². The first-order chi connectivity index (χ1) is 24.6. The number of rotatable bonds is 10. The van der Waals surface area contributed by atoms with Crippen LogP contribution < -0.4 is 20.9 Å². The summed E-state index contributed by atoms with van der Waals surface area (Å²) in [5.41, 5.74) is 13.8. The molecule has 6 rings (SSSR count). The Morgan fingerprint density at radius 2 is 0.962 bits per heavy atom. The molecule has 0 amide bonds. The van der Waals surface area contributed by atoms with E-state index < -0.39 is 11.3 Å². The monoisotopic (exact) mass is 710 g/mol. The third kappa shape index (κ3) is 8.75. The fourth-order valence-corrected chi connectivity index (χ4v) is 5.53. The summed E-state index contributed by atoms with van der Waals surface area (Å²) >= 11 is 0. The van der Waals surface area contributed by atoms with Crippen LogP contribution in [0.3, 0.4) is 0 Å². The molecule has 0 fully saturated rings. The van der Waals surface area contributed by atoms with E-state index in [0.717, 1.165) is 44.1 Å². The van der Waals surface area contributed by atoms with E-state index in [4.69, 9.17) is 20.9 Å². The first-order valence-electron chi connectivity index (χ1n) is 16.8. The Morgan fingerprint density at radius 3 is 1.29 bits per heavy atom. The molecule has 6 aromatic heterocycles. The fraction of sp³-hybridized carbons (Fsp3) is 0.368. The number of fused-ring (bicyclic) bond motifs is 2. The summed E-state index contributed by atoms with van der Waals surface area (Å²) in [6.45, 7) is 9.57. The zero-order valence-corrected chi connectivity index (χ0v) is 30.6. The third-order valence-electron chi connectivity index (χ3n) is 8.23. The Bertz CT molecular complexity index is 2030. The molecule has 12 nitrogen and oxygen atoms in total. The second-order valence-electron chi connectivity index (χ2n) is 13.5. The summed E-state index contributed by atoms with van der Waals surface area (Å²) in [6, 6.07) is 7.09. The van der Waals surface area contributed by atoms with E-state index in [-0.39, 0.29) is 23.7 Å². The van der Waals surface area contributed by atoms with Crippen LogP contribution in [0, 0.1) is 0 Å². The van der Waals surface area contributed by atoms with E-state index in [1.54, 1.807) is 63.5 Å². The van der Waals surface area contributed by atoms with E-state index in [2.05, 4.69) is 39.9 Å². The molecule has 6 aromatic rings. The third-order valence-corrected chi connectivity index (χ3v) is 8.23. The molecule has 4 N–H and O–H groups in total. The lowest BCUT2D eigenvalue weighted by Gasteiger charge is -2.14. The van der Waals surface area contributed by atoms with E-state index in [1.165, 1.54) is 27.7 Å². The molecule has 272 valence electrons. The molecule has 0 aliphatic rings. The molecule has 0 bridgehead atoms. The smallest absolute Gasteiger partial charge is 0.222 e. The van der Waals surface area contributed by atoms with Crippen molar-refractivity contribution in [2.75, 3.05) is 14.2 Å². The van der Waals surface area contributed by atoms with Crippen LogP contribution in [0.25, 0.3) is 21.5 Å². The van der Waals surface area contributed by atoms with Crippen molar-refractivity contribution in [3.8, 4) is 11.8 Å². The first-order valence-corrected chi connectivity index (χ1v) is 16.8. The molecule has 0 saturated heterocycles. The van der Waals surface area contributed by atoms with E-state index >= 15 is 0 Å². The van der Waals surface area contributed by atoms with Crippen LogP contribution in [0.1, 0.15) is 99.2 Å². The average molecular weight is 711 g/mol. The van der Waals surface area contributed by atoms with Gasteiger partial charge in [-0.1, -0.05) is 0 Å². The number of nitrogens with zero attached hydrogens (tertiary/aromatic N) is 8. The fourth-order valence-electron chi connectivity index (χ4n) is 5.53. The number of nitrogens with two attached hydrogens (primary N) is 2. The Labute approximate surface area is 301 Å². The zero-order valence-electron chi connectivity index (χ0n) is 30.6. The van der Waals surface area contributed by atoms with Crippen molar-refractivity contribution in [2.24, 2.45) is 11.5 Å². The predicted molar refractivity (Wildman–Crippen MR) is 195 cm³/mol. The second-order valence-corrected chi connectivity index (χ2v) is 13.5. The Morgan fingerprint density at radius 1 is 0.577 bits per heavy atom. The minimum Gasteiger partial charge on any atom is -0.481 e. The normalized spacial score (nSPS) is 13.0. The van der Waals surface area contributed by atoms with Gasteiger partial charge in [0.2, 0.25) is 11.8 Å². The number of hydrogen-bond acceptors (Lipinski definition) is 12. The zero-order chi connectivity index (χ0) is 37.8. The maximum atomic E-state index is 14.1. The lowest BCUT2D eigenvalue weighted by molar-refractivity contribution is 0.205. The Balaban J connectivity index is 0.000000201. The highest BCUT2D eigenvalue weighted by Crippen LogP contribution is 2.31. The van der Waals surface area contributed by atoms with Crippen molar-refractivity contribution in [3.63, 3.8) is 0 Å². The van der Waals surface area contributed by atoms with Crippen LogP contribution in [0.15, 0.2) is 61.4 Å². The molecule has 0 aliphatic heterocycles. The molecule has 6 heterocycles. The van der Waals surface area contributed by atoms with Crippen LogP contribution in [0.4, 0.5) is 8.78 Å². The molecule has 0 spiro atoms. The van der Waals surface area contributed by atoms with Crippen molar-refractivity contribution in [1.29, 1.82) is 0 Å². The van der Waals surface area contributed by atoms with Crippen LogP contribution >= 0.6 is 0 Å².